The van der Waals surface area contributed by atoms with Gasteiger partial charge >= 0.3 is 0 Å². The highest BCUT2D eigenvalue weighted by atomic mass is 32.2. The van der Waals surface area contributed by atoms with Gasteiger partial charge in [-0.15, -0.1) is 0 Å². The Labute approximate surface area is 215 Å². The van der Waals surface area contributed by atoms with Crippen LogP contribution < -0.4 is 14.4 Å². The zero-order valence-electron chi connectivity index (χ0n) is 22.4. The topological polar surface area (TPSA) is 96.0 Å². The van der Waals surface area contributed by atoms with Crippen LogP contribution in [0.25, 0.3) is 0 Å². The molecule has 0 aliphatic heterocycles. The molecule has 0 saturated heterocycles. The largest absolute Gasteiger partial charge is 0.495 e. The van der Waals surface area contributed by atoms with Gasteiger partial charge in [0.25, 0.3) is 0 Å². The van der Waals surface area contributed by atoms with Crippen molar-refractivity contribution in [3.8, 4) is 5.75 Å². The molecule has 8 nitrogen and oxygen atoms in total. The minimum atomic E-state index is -3.61. The molecule has 0 aromatic heterocycles. The molecule has 2 aromatic carbocycles. The summed E-state index contributed by atoms with van der Waals surface area (Å²) in [5, 5.41) is 2.95. The van der Waals surface area contributed by atoms with E-state index in [1.54, 1.807) is 36.1 Å². The normalized spacial score (nSPS) is 12.5. The van der Waals surface area contributed by atoms with Gasteiger partial charge in [0.05, 0.1) is 19.1 Å². The number of sulfonamides is 1. The van der Waals surface area contributed by atoms with Gasteiger partial charge in [0.15, 0.2) is 0 Å². The number of anilines is 1. The molecule has 9 heteroatoms. The van der Waals surface area contributed by atoms with Gasteiger partial charge in [-0.25, -0.2) is 8.42 Å². The summed E-state index contributed by atoms with van der Waals surface area (Å²) in [5.41, 5.74) is 1.97. The first kappa shape index (κ1) is 29.2. The molecule has 0 radical (unpaired) electrons. The van der Waals surface area contributed by atoms with Gasteiger partial charge in [-0.2, -0.15) is 0 Å². The number of nitrogens with one attached hydrogen (secondary N) is 1. The Balaban J connectivity index is 2.22. The Morgan fingerprint density at radius 2 is 1.75 bits per heavy atom. The van der Waals surface area contributed by atoms with Gasteiger partial charge in [0, 0.05) is 25.0 Å². The average molecular weight is 518 g/mol. The molecular weight excluding hydrogens is 478 g/mol. The lowest BCUT2D eigenvalue weighted by Crippen LogP contribution is -2.52. The summed E-state index contributed by atoms with van der Waals surface area (Å²) in [5.74, 6) is -0.0281. The molecule has 0 aliphatic rings. The minimum Gasteiger partial charge on any atom is -0.495 e. The van der Waals surface area contributed by atoms with Crippen LogP contribution in [0, 0.1) is 6.92 Å². The number of aryl methyl sites for hydroxylation is 1. The van der Waals surface area contributed by atoms with E-state index >= 15 is 0 Å². The monoisotopic (exact) mass is 517 g/mol. The molecule has 2 amide bonds. The van der Waals surface area contributed by atoms with Crippen molar-refractivity contribution in [2.24, 2.45) is 0 Å². The summed E-state index contributed by atoms with van der Waals surface area (Å²) < 4.78 is 31.7. The summed E-state index contributed by atoms with van der Waals surface area (Å²) in [6.45, 7) is 9.74. The lowest BCUT2D eigenvalue weighted by atomic mass is 10.1. The maximum absolute atomic E-state index is 13.4. The van der Waals surface area contributed by atoms with E-state index in [2.05, 4.69) is 5.32 Å². The van der Waals surface area contributed by atoms with Crippen LogP contribution in [-0.2, 0) is 26.2 Å². The first-order chi connectivity index (χ1) is 16.7. The van der Waals surface area contributed by atoms with Crippen molar-refractivity contribution >= 4 is 27.5 Å². The maximum Gasteiger partial charge on any atom is 0.242 e. The van der Waals surface area contributed by atoms with Gasteiger partial charge in [-0.1, -0.05) is 42.0 Å². The van der Waals surface area contributed by atoms with Crippen LogP contribution >= 0.6 is 0 Å². The van der Waals surface area contributed by atoms with Crippen LogP contribution in [0.3, 0.4) is 0 Å². The van der Waals surface area contributed by atoms with E-state index in [0.717, 1.165) is 17.4 Å². The van der Waals surface area contributed by atoms with Gasteiger partial charge < -0.3 is 15.0 Å². The van der Waals surface area contributed by atoms with Crippen molar-refractivity contribution in [2.45, 2.75) is 65.6 Å². The molecule has 0 bridgehead atoms. The first-order valence-corrected chi connectivity index (χ1v) is 13.9. The zero-order chi connectivity index (χ0) is 27.1. The quantitative estimate of drug-likeness (QED) is 0.488. The Hall–Kier alpha value is -3.07. The van der Waals surface area contributed by atoms with E-state index in [9.17, 15) is 18.0 Å². The fourth-order valence-electron chi connectivity index (χ4n) is 3.88. The summed E-state index contributed by atoms with van der Waals surface area (Å²) in [6.07, 6.45) is 1.49. The van der Waals surface area contributed by atoms with Crippen molar-refractivity contribution in [3.63, 3.8) is 0 Å². The van der Waals surface area contributed by atoms with Crippen LogP contribution in [0.4, 0.5) is 5.69 Å². The van der Waals surface area contributed by atoms with Crippen LogP contribution in [0.1, 0.15) is 51.7 Å². The lowest BCUT2D eigenvalue weighted by molar-refractivity contribution is -0.141. The van der Waals surface area contributed by atoms with Gasteiger partial charge in [0.1, 0.15) is 11.8 Å². The molecule has 198 valence electrons. The molecule has 2 aromatic rings. The van der Waals surface area contributed by atoms with Crippen LogP contribution in [0.15, 0.2) is 48.5 Å². The van der Waals surface area contributed by atoms with Gasteiger partial charge in [-0.05, 0) is 58.7 Å². The molecule has 0 spiro atoms. The molecule has 1 atom stereocenters. The number of methoxy groups -OCH3 is 1. The van der Waals surface area contributed by atoms with Crippen molar-refractivity contribution < 1.29 is 22.7 Å². The van der Waals surface area contributed by atoms with E-state index < -0.39 is 21.6 Å². The molecule has 0 saturated carbocycles. The standard InChI is InChI=1S/C27H39N3O5S/c1-20-12-10-13-22(18-20)19-29(21(2)26(32)28-27(3,4)5)25(31)16-11-17-30(36(7,33)34)23-14-8-9-15-24(23)35-6/h8-10,12-15,18,21H,11,16-17,19H2,1-7H3,(H,28,32)/t21-/m1/s1. The average Bonchev–Trinajstić information content (AvgIpc) is 2.78. The number of benzene rings is 2. The molecule has 0 heterocycles. The summed E-state index contributed by atoms with van der Waals surface area (Å²) >= 11 is 0. The zero-order valence-corrected chi connectivity index (χ0v) is 23.2. The number of carbonyl (C=O) groups is 2. The predicted molar refractivity (Wildman–Crippen MR) is 144 cm³/mol. The summed E-state index contributed by atoms with van der Waals surface area (Å²) in [7, 11) is -2.13. The molecular formula is C27H39N3O5S. The second-order valence-electron chi connectivity index (χ2n) is 10.0. The third-order valence-electron chi connectivity index (χ3n) is 5.61. The Morgan fingerprint density at radius 3 is 2.33 bits per heavy atom. The van der Waals surface area contributed by atoms with Crippen molar-refractivity contribution in [1.29, 1.82) is 0 Å². The summed E-state index contributed by atoms with van der Waals surface area (Å²) in [6, 6.07) is 14.0. The number of rotatable bonds is 11. The molecule has 0 unspecified atom stereocenters. The predicted octanol–water partition coefficient (Wildman–Crippen LogP) is 3.88. The highest BCUT2D eigenvalue weighted by Crippen LogP contribution is 2.29. The Bertz CT molecular complexity index is 1160. The molecule has 0 aliphatic carbocycles. The lowest BCUT2D eigenvalue weighted by Gasteiger charge is -2.32. The van der Waals surface area contributed by atoms with E-state index in [1.807, 2.05) is 52.0 Å². The second-order valence-corrected chi connectivity index (χ2v) is 11.9. The fourth-order valence-corrected chi connectivity index (χ4v) is 4.85. The van der Waals surface area contributed by atoms with E-state index in [0.29, 0.717) is 11.4 Å². The SMILES string of the molecule is COc1ccccc1N(CCCC(=O)N(Cc1cccc(C)c1)[C@H](C)C(=O)NC(C)(C)C)S(C)(=O)=O. The van der Waals surface area contributed by atoms with Gasteiger partial charge in [-0.3, -0.25) is 13.9 Å². The van der Waals surface area contributed by atoms with Crippen LogP contribution in [0.5, 0.6) is 5.75 Å². The second kappa shape index (κ2) is 12.3. The Morgan fingerprint density at radius 1 is 1.08 bits per heavy atom. The number of carbonyl (C=O) groups excluding carboxylic acids is 2. The molecule has 36 heavy (non-hydrogen) atoms. The van der Waals surface area contributed by atoms with Gasteiger partial charge in [0.2, 0.25) is 21.8 Å². The van der Waals surface area contributed by atoms with E-state index in [-0.39, 0.29) is 37.7 Å². The molecule has 1 N–H and O–H groups in total. The minimum absolute atomic E-state index is 0.0835. The van der Waals surface area contributed by atoms with Crippen molar-refractivity contribution in [1.82, 2.24) is 10.2 Å². The smallest absolute Gasteiger partial charge is 0.242 e. The van der Waals surface area contributed by atoms with Crippen molar-refractivity contribution in [3.05, 3.63) is 59.7 Å². The molecule has 2 rings (SSSR count). The number of amides is 2. The van der Waals surface area contributed by atoms with Crippen molar-refractivity contribution in [2.75, 3.05) is 24.2 Å². The third kappa shape index (κ3) is 8.55. The number of ether oxygens (including phenoxy) is 1. The highest BCUT2D eigenvalue weighted by Gasteiger charge is 2.29. The van der Waals surface area contributed by atoms with Crippen LogP contribution in [0.2, 0.25) is 0 Å². The number of hydrogen-bond acceptors (Lipinski definition) is 5. The number of hydrogen-bond donors (Lipinski definition) is 1. The maximum atomic E-state index is 13.4. The van der Waals surface area contributed by atoms with E-state index in [4.69, 9.17) is 4.74 Å². The third-order valence-corrected chi connectivity index (χ3v) is 6.79. The number of para-hydroxylation sites is 2. The molecule has 0 fully saturated rings. The fraction of sp³-hybridized carbons (Fsp3) is 0.481. The summed E-state index contributed by atoms with van der Waals surface area (Å²) in [4.78, 5) is 27.9. The first-order valence-electron chi connectivity index (χ1n) is 12.0. The number of nitrogens with zero attached hydrogens (tertiary/aromatic N) is 2. The Kier molecular flexibility index (Phi) is 9.93. The highest BCUT2D eigenvalue weighted by molar-refractivity contribution is 7.92. The van der Waals surface area contributed by atoms with E-state index in [1.165, 1.54) is 11.4 Å². The van der Waals surface area contributed by atoms with Crippen LogP contribution in [-0.4, -0.2) is 56.6 Å².